The second-order valence-corrected chi connectivity index (χ2v) is 10.8. The Labute approximate surface area is 237 Å². The van der Waals surface area contributed by atoms with Gasteiger partial charge in [0.1, 0.15) is 5.69 Å². The first kappa shape index (κ1) is 22.4. The molecule has 0 amide bonds. The van der Waals surface area contributed by atoms with E-state index in [4.69, 9.17) is 5.10 Å². The van der Waals surface area contributed by atoms with Gasteiger partial charge in [-0.05, 0) is 61.8 Å². The molecule has 6 aromatic carbocycles. The predicted molar refractivity (Wildman–Crippen MR) is 172 cm³/mol. The van der Waals surface area contributed by atoms with Crippen molar-refractivity contribution in [3.8, 4) is 22.4 Å². The average molecular weight is 521 g/mol. The fourth-order valence-corrected chi connectivity index (χ4v) is 6.65. The standard InChI is InChI=1S/C39H24N2/c1-2-11-27(12-3-1)37-38(34-23-31-17-8-15-26-16-9-19-33(34)36(26)31)40-41-35(24-29-14-6-7-18-32(29)39(37)41)30-21-20-25-10-4-5-13-28(25)22-30/h1-24H. The highest BCUT2D eigenvalue weighted by molar-refractivity contribution is 6.16. The zero-order valence-corrected chi connectivity index (χ0v) is 22.3. The number of aromatic nitrogens is 2. The predicted octanol–water partition coefficient (Wildman–Crippen LogP) is 10.0. The monoisotopic (exact) mass is 520 g/mol. The van der Waals surface area contributed by atoms with Crippen LogP contribution >= 0.6 is 0 Å². The first-order chi connectivity index (χ1) is 20.3. The van der Waals surface area contributed by atoms with Gasteiger partial charge in [-0.3, -0.25) is 0 Å². The van der Waals surface area contributed by atoms with Crippen LogP contribution in [0.2, 0.25) is 0 Å². The number of benzene rings is 6. The van der Waals surface area contributed by atoms with Crippen molar-refractivity contribution < 1.29 is 0 Å². The van der Waals surface area contributed by atoms with Gasteiger partial charge < -0.3 is 0 Å². The van der Waals surface area contributed by atoms with Crippen molar-refractivity contribution >= 4 is 49.5 Å². The molecule has 0 fully saturated rings. The maximum atomic E-state index is 5.50. The molecular formula is C39H24N2. The second-order valence-electron chi connectivity index (χ2n) is 10.8. The van der Waals surface area contributed by atoms with Gasteiger partial charge >= 0.3 is 0 Å². The Morgan fingerprint density at radius 3 is 2.12 bits per heavy atom. The van der Waals surface area contributed by atoms with Crippen LogP contribution in [0.5, 0.6) is 0 Å². The van der Waals surface area contributed by atoms with Gasteiger partial charge in [0.2, 0.25) is 0 Å². The van der Waals surface area contributed by atoms with Crippen LogP contribution in [0.25, 0.3) is 71.9 Å². The van der Waals surface area contributed by atoms with Crippen LogP contribution in [-0.2, 0) is 0 Å². The summed E-state index contributed by atoms with van der Waals surface area (Å²) in [6, 6.07) is 50.2. The molecule has 0 spiro atoms. The fourth-order valence-electron chi connectivity index (χ4n) is 6.65. The number of hydrogen-bond donors (Lipinski definition) is 0. The van der Waals surface area contributed by atoms with Crippen molar-refractivity contribution in [3.05, 3.63) is 156 Å². The van der Waals surface area contributed by atoms with Crippen LogP contribution in [0.1, 0.15) is 16.8 Å². The molecule has 0 radical (unpaired) electrons. The summed E-state index contributed by atoms with van der Waals surface area (Å²) in [4.78, 5) is 0. The molecule has 8 aromatic rings. The highest BCUT2D eigenvalue weighted by atomic mass is 15.2. The van der Waals surface area contributed by atoms with E-state index in [1.165, 1.54) is 60.1 Å². The van der Waals surface area contributed by atoms with Crippen molar-refractivity contribution in [3.63, 3.8) is 0 Å². The lowest BCUT2D eigenvalue weighted by atomic mass is 9.94. The second kappa shape index (κ2) is 8.51. The summed E-state index contributed by atoms with van der Waals surface area (Å²) in [5, 5.41) is 12.9. The summed E-state index contributed by atoms with van der Waals surface area (Å²) < 4.78 is 2.19. The van der Waals surface area contributed by atoms with E-state index < -0.39 is 0 Å². The first-order valence-corrected chi connectivity index (χ1v) is 14.1. The minimum Gasteiger partial charge on any atom is -0.231 e. The van der Waals surface area contributed by atoms with E-state index in [0.717, 1.165) is 22.5 Å². The quantitative estimate of drug-likeness (QED) is 0.227. The van der Waals surface area contributed by atoms with Crippen molar-refractivity contribution in [1.82, 2.24) is 9.61 Å². The van der Waals surface area contributed by atoms with Gasteiger partial charge in [-0.15, -0.1) is 0 Å². The summed E-state index contributed by atoms with van der Waals surface area (Å²) in [7, 11) is 0. The highest BCUT2D eigenvalue weighted by Gasteiger charge is 2.26. The minimum absolute atomic E-state index is 1.01. The Hall–Kier alpha value is -5.47. The molecule has 1 aliphatic rings. The molecule has 0 N–H and O–H groups in total. The summed E-state index contributed by atoms with van der Waals surface area (Å²) in [6.07, 6.45) is 2.32. The maximum absolute atomic E-state index is 5.50. The molecule has 0 saturated carbocycles. The molecule has 0 bridgehead atoms. The zero-order chi connectivity index (χ0) is 26.9. The zero-order valence-electron chi connectivity index (χ0n) is 22.3. The smallest absolute Gasteiger partial charge is 0.102 e. The lowest BCUT2D eigenvalue weighted by Crippen LogP contribution is -1.96. The van der Waals surface area contributed by atoms with Crippen LogP contribution in [0.3, 0.4) is 0 Å². The first-order valence-electron chi connectivity index (χ1n) is 14.1. The van der Waals surface area contributed by atoms with Crippen molar-refractivity contribution in [1.29, 1.82) is 0 Å². The van der Waals surface area contributed by atoms with E-state index in [1.807, 2.05) is 0 Å². The van der Waals surface area contributed by atoms with E-state index in [9.17, 15) is 0 Å². The Bertz CT molecular complexity index is 2350. The molecule has 9 rings (SSSR count). The van der Waals surface area contributed by atoms with Crippen LogP contribution in [0.15, 0.2) is 140 Å². The van der Waals surface area contributed by atoms with Crippen molar-refractivity contribution in [2.45, 2.75) is 0 Å². The maximum Gasteiger partial charge on any atom is 0.102 e. The SMILES string of the molecule is C1=C(c2nn3c(-c4ccc5ccccc5c4)cc4ccccc4c3c2-c2ccccc2)c2cccc3cccc1c23. The number of hydrogen-bond acceptors (Lipinski definition) is 1. The van der Waals surface area contributed by atoms with Gasteiger partial charge in [-0.2, -0.15) is 5.10 Å². The summed E-state index contributed by atoms with van der Waals surface area (Å²) in [5.74, 6) is 0. The highest BCUT2D eigenvalue weighted by Crippen LogP contribution is 2.45. The van der Waals surface area contributed by atoms with Crippen molar-refractivity contribution in [2.24, 2.45) is 0 Å². The molecule has 0 unspecified atom stereocenters. The molecule has 0 aliphatic heterocycles. The van der Waals surface area contributed by atoms with Crippen LogP contribution in [-0.4, -0.2) is 9.61 Å². The topological polar surface area (TPSA) is 17.3 Å². The van der Waals surface area contributed by atoms with E-state index in [0.29, 0.717) is 0 Å². The van der Waals surface area contributed by atoms with E-state index in [1.54, 1.807) is 0 Å². The number of rotatable bonds is 3. The molecular weight excluding hydrogens is 496 g/mol. The molecule has 190 valence electrons. The van der Waals surface area contributed by atoms with Gasteiger partial charge in [-0.25, -0.2) is 4.52 Å². The lowest BCUT2D eigenvalue weighted by molar-refractivity contribution is 0.965. The van der Waals surface area contributed by atoms with Gasteiger partial charge in [0, 0.05) is 22.1 Å². The largest absolute Gasteiger partial charge is 0.231 e. The Kier molecular flexibility index (Phi) is 4.64. The molecule has 0 saturated heterocycles. The molecule has 0 atom stereocenters. The Balaban J connectivity index is 1.43. The van der Waals surface area contributed by atoms with E-state index in [2.05, 4.69) is 150 Å². The van der Waals surface area contributed by atoms with Crippen LogP contribution in [0, 0.1) is 0 Å². The summed E-state index contributed by atoms with van der Waals surface area (Å²) >= 11 is 0. The third-order valence-corrected chi connectivity index (χ3v) is 8.51. The average Bonchev–Trinajstić information content (AvgIpc) is 3.62. The van der Waals surface area contributed by atoms with Gasteiger partial charge in [0.05, 0.1) is 11.2 Å². The van der Waals surface area contributed by atoms with Gasteiger partial charge in [0.15, 0.2) is 0 Å². The lowest BCUT2D eigenvalue weighted by Gasteiger charge is -2.11. The Morgan fingerprint density at radius 2 is 1.24 bits per heavy atom. The fraction of sp³-hybridized carbons (Fsp3) is 0. The van der Waals surface area contributed by atoms with Crippen LogP contribution < -0.4 is 0 Å². The van der Waals surface area contributed by atoms with Crippen molar-refractivity contribution in [2.75, 3.05) is 0 Å². The van der Waals surface area contributed by atoms with E-state index in [-0.39, 0.29) is 0 Å². The van der Waals surface area contributed by atoms with Gasteiger partial charge in [0.25, 0.3) is 0 Å². The normalized spacial score (nSPS) is 12.5. The minimum atomic E-state index is 1.01. The van der Waals surface area contributed by atoms with Gasteiger partial charge in [-0.1, -0.05) is 127 Å². The summed E-state index contributed by atoms with van der Waals surface area (Å²) in [6.45, 7) is 0. The molecule has 41 heavy (non-hydrogen) atoms. The molecule has 1 aliphatic carbocycles. The molecule has 2 heteroatoms. The molecule has 2 aromatic heterocycles. The number of fused-ring (bicyclic) bond motifs is 4. The molecule has 2 heterocycles. The number of pyridine rings is 1. The third-order valence-electron chi connectivity index (χ3n) is 8.51. The third kappa shape index (κ3) is 3.28. The Morgan fingerprint density at radius 1 is 0.512 bits per heavy atom. The molecule has 2 nitrogen and oxygen atoms in total. The number of nitrogens with zero attached hydrogens (tertiary/aromatic N) is 2. The summed E-state index contributed by atoms with van der Waals surface area (Å²) in [5.41, 5.74) is 10.4. The van der Waals surface area contributed by atoms with Crippen LogP contribution in [0.4, 0.5) is 0 Å². The van der Waals surface area contributed by atoms with E-state index >= 15 is 0 Å².